The second-order valence-corrected chi connectivity index (χ2v) is 9.44. The van der Waals surface area contributed by atoms with E-state index in [0.717, 1.165) is 5.56 Å². The molecule has 174 valence electrons. The van der Waals surface area contributed by atoms with Crippen LogP contribution in [0.1, 0.15) is 48.1 Å². The molecule has 3 aromatic rings. The average molecular weight is 486 g/mol. The smallest absolute Gasteiger partial charge is 0.253 e. The molecule has 0 saturated heterocycles. The second-order valence-electron chi connectivity index (χ2n) is 8.09. The van der Waals surface area contributed by atoms with Crippen LogP contribution in [-0.4, -0.2) is 32.3 Å². The van der Waals surface area contributed by atoms with Crippen molar-refractivity contribution in [2.45, 2.75) is 38.0 Å². The Labute approximate surface area is 203 Å². The van der Waals surface area contributed by atoms with Crippen LogP contribution in [0.5, 0.6) is 0 Å². The van der Waals surface area contributed by atoms with Crippen molar-refractivity contribution in [1.29, 1.82) is 0 Å². The van der Waals surface area contributed by atoms with E-state index in [-0.39, 0.29) is 23.6 Å². The Morgan fingerprint density at radius 3 is 2.45 bits per heavy atom. The summed E-state index contributed by atoms with van der Waals surface area (Å²) in [6.45, 7) is 4.64. The quantitative estimate of drug-likeness (QED) is 0.415. The molecule has 0 saturated carbocycles. The topological polar surface area (TPSA) is 88.9 Å². The Morgan fingerprint density at radius 1 is 1.06 bits per heavy atom. The average Bonchev–Trinajstić information content (AvgIpc) is 3.16. The van der Waals surface area contributed by atoms with Gasteiger partial charge in [0.2, 0.25) is 5.91 Å². The Hall–Kier alpha value is -2.84. The summed E-state index contributed by atoms with van der Waals surface area (Å²) in [5.41, 5.74) is 1.46. The van der Waals surface area contributed by atoms with Gasteiger partial charge in [-0.3, -0.25) is 9.59 Å². The Kier molecular flexibility index (Phi) is 8.91. The first-order valence-electron chi connectivity index (χ1n) is 10.7. The third-order valence-corrected chi connectivity index (χ3v) is 6.33. The number of nitrogens with zero attached hydrogens (tertiary/aromatic N) is 3. The van der Waals surface area contributed by atoms with Gasteiger partial charge < -0.3 is 15.2 Å². The molecule has 0 fully saturated rings. The highest BCUT2D eigenvalue weighted by Crippen LogP contribution is 2.25. The molecular weight excluding hydrogens is 458 g/mol. The maximum absolute atomic E-state index is 12.8. The number of amides is 2. The zero-order chi connectivity index (χ0) is 23.8. The minimum atomic E-state index is -0.340. The van der Waals surface area contributed by atoms with Crippen LogP contribution in [0.3, 0.4) is 0 Å². The fourth-order valence-corrected chi connectivity index (χ4v) is 4.28. The van der Waals surface area contributed by atoms with Gasteiger partial charge in [-0.05, 0) is 30.0 Å². The van der Waals surface area contributed by atoms with Crippen molar-refractivity contribution in [3.63, 3.8) is 0 Å². The highest BCUT2D eigenvalue weighted by Gasteiger charge is 2.24. The molecule has 0 spiro atoms. The molecule has 1 heterocycles. The number of rotatable bonds is 10. The monoisotopic (exact) mass is 485 g/mol. The zero-order valence-corrected chi connectivity index (χ0v) is 20.5. The maximum Gasteiger partial charge on any atom is 0.253 e. The molecule has 0 aliphatic carbocycles. The first kappa shape index (κ1) is 24.8. The van der Waals surface area contributed by atoms with Gasteiger partial charge in [0.1, 0.15) is 0 Å². The van der Waals surface area contributed by atoms with Crippen molar-refractivity contribution in [3.8, 4) is 0 Å². The van der Waals surface area contributed by atoms with Crippen LogP contribution in [0, 0.1) is 5.92 Å². The minimum Gasteiger partial charge on any atom is -0.351 e. The summed E-state index contributed by atoms with van der Waals surface area (Å²) in [5, 5.41) is 15.5. The number of benzene rings is 2. The molecule has 1 atom stereocenters. The number of nitrogens with one attached hydrogen (secondary N) is 2. The molecule has 0 radical (unpaired) electrons. The van der Waals surface area contributed by atoms with Crippen LogP contribution in [0.25, 0.3) is 0 Å². The third-order valence-electron chi connectivity index (χ3n) is 4.98. The molecule has 33 heavy (non-hydrogen) atoms. The number of carbonyl (C=O) groups is 2. The van der Waals surface area contributed by atoms with Gasteiger partial charge in [-0.1, -0.05) is 79.7 Å². The minimum absolute atomic E-state index is 0.0841. The third kappa shape index (κ3) is 7.07. The van der Waals surface area contributed by atoms with E-state index >= 15 is 0 Å². The van der Waals surface area contributed by atoms with Gasteiger partial charge in [-0.2, -0.15) is 0 Å². The van der Waals surface area contributed by atoms with E-state index in [0.29, 0.717) is 40.5 Å². The number of hydrogen-bond donors (Lipinski definition) is 2. The van der Waals surface area contributed by atoms with Gasteiger partial charge >= 0.3 is 0 Å². The largest absolute Gasteiger partial charge is 0.351 e. The Balaban J connectivity index is 1.64. The summed E-state index contributed by atoms with van der Waals surface area (Å²) in [7, 11) is 1.84. The number of halogens is 1. The van der Waals surface area contributed by atoms with Gasteiger partial charge in [0, 0.05) is 13.6 Å². The lowest BCUT2D eigenvalue weighted by Crippen LogP contribution is -2.31. The molecule has 1 unspecified atom stereocenters. The van der Waals surface area contributed by atoms with E-state index in [9.17, 15) is 9.59 Å². The van der Waals surface area contributed by atoms with Crippen LogP contribution in [0.4, 0.5) is 0 Å². The van der Waals surface area contributed by atoms with E-state index in [1.165, 1.54) is 11.8 Å². The molecule has 1 aromatic heterocycles. The lowest BCUT2D eigenvalue weighted by Gasteiger charge is -2.20. The highest BCUT2D eigenvalue weighted by atomic mass is 35.5. The maximum atomic E-state index is 12.8. The van der Waals surface area contributed by atoms with Crippen LogP contribution in [0.15, 0.2) is 59.8 Å². The van der Waals surface area contributed by atoms with E-state index in [2.05, 4.69) is 34.7 Å². The van der Waals surface area contributed by atoms with Gasteiger partial charge in [0.05, 0.1) is 22.4 Å². The molecular formula is C24H28ClN5O2S. The fraction of sp³-hybridized carbons (Fsp3) is 0.333. The van der Waals surface area contributed by atoms with E-state index in [1.54, 1.807) is 24.3 Å². The molecule has 2 aromatic carbocycles. The van der Waals surface area contributed by atoms with Crippen molar-refractivity contribution in [3.05, 3.63) is 76.6 Å². The molecule has 0 aliphatic heterocycles. The Bertz CT molecular complexity index is 1090. The first-order chi connectivity index (χ1) is 15.8. The summed E-state index contributed by atoms with van der Waals surface area (Å²) in [6.07, 6.45) is 0.685. The molecule has 0 bridgehead atoms. The number of hydrogen-bond acceptors (Lipinski definition) is 5. The second kappa shape index (κ2) is 11.9. The van der Waals surface area contributed by atoms with Crippen molar-refractivity contribution >= 4 is 35.2 Å². The normalized spacial score (nSPS) is 11.9. The van der Waals surface area contributed by atoms with Crippen molar-refractivity contribution in [1.82, 2.24) is 25.4 Å². The van der Waals surface area contributed by atoms with E-state index < -0.39 is 0 Å². The fourth-order valence-electron chi connectivity index (χ4n) is 3.31. The molecule has 2 amide bonds. The zero-order valence-electron chi connectivity index (χ0n) is 18.9. The molecule has 2 N–H and O–H groups in total. The summed E-state index contributed by atoms with van der Waals surface area (Å²) in [6, 6.07) is 16.4. The SMILES string of the molecule is CC(C)CC(NC(=O)c1ccccc1Cl)c1nnc(SCC(=O)NCc2ccccc2)n1C. The molecule has 0 aliphatic rings. The van der Waals surface area contributed by atoms with E-state index in [1.807, 2.05) is 41.9 Å². The van der Waals surface area contributed by atoms with Crippen molar-refractivity contribution < 1.29 is 9.59 Å². The van der Waals surface area contributed by atoms with Crippen LogP contribution in [0.2, 0.25) is 5.02 Å². The molecule has 9 heteroatoms. The predicted molar refractivity (Wildman–Crippen MR) is 131 cm³/mol. The van der Waals surface area contributed by atoms with Crippen LogP contribution >= 0.6 is 23.4 Å². The highest BCUT2D eigenvalue weighted by molar-refractivity contribution is 7.99. The lowest BCUT2D eigenvalue weighted by atomic mass is 10.0. The number of thioether (sulfide) groups is 1. The first-order valence-corrected chi connectivity index (χ1v) is 12.1. The summed E-state index contributed by atoms with van der Waals surface area (Å²) in [4.78, 5) is 25.1. The molecule has 3 rings (SSSR count). The van der Waals surface area contributed by atoms with Crippen molar-refractivity contribution in [2.75, 3.05) is 5.75 Å². The Morgan fingerprint density at radius 2 is 1.76 bits per heavy atom. The van der Waals surface area contributed by atoms with Gasteiger partial charge in [-0.25, -0.2) is 0 Å². The van der Waals surface area contributed by atoms with Gasteiger partial charge in [-0.15, -0.1) is 10.2 Å². The molecule has 7 nitrogen and oxygen atoms in total. The number of carbonyl (C=O) groups excluding carboxylic acids is 2. The lowest BCUT2D eigenvalue weighted by molar-refractivity contribution is -0.118. The van der Waals surface area contributed by atoms with Gasteiger partial charge in [0.15, 0.2) is 11.0 Å². The van der Waals surface area contributed by atoms with Gasteiger partial charge in [0.25, 0.3) is 5.91 Å². The summed E-state index contributed by atoms with van der Waals surface area (Å²) in [5.74, 6) is 0.830. The van der Waals surface area contributed by atoms with Crippen LogP contribution < -0.4 is 10.6 Å². The predicted octanol–water partition coefficient (Wildman–Crippen LogP) is 4.39. The standard InChI is InChI=1S/C24H28ClN5O2S/c1-16(2)13-20(27-23(32)18-11-7-8-12-19(18)25)22-28-29-24(30(22)3)33-15-21(31)26-14-17-9-5-4-6-10-17/h4-12,16,20H,13-15H2,1-3H3,(H,26,31)(H,27,32). The number of aromatic nitrogens is 3. The summed E-state index contributed by atoms with van der Waals surface area (Å²) < 4.78 is 1.83. The van der Waals surface area contributed by atoms with Crippen molar-refractivity contribution in [2.24, 2.45) is 13.0 Å². The van der Waals surface area contributed by atoms with E-state index in [4.69, 9.17) is 11.6 Å². The van der Waals surface area contributed by atoms with Crippen LogP contribution in [-0.2, 0) is 18.4 Å². The summed E-state index contributed by atoms with van der Waals surface area (Å²) >= 11 is 7.50.